The lowest BCUT2D eigenvalue weighted by atomic mass is 10.3. The predicted octanol–water partition coefficient (Wildman–Crippen LogP) is 1.73. The number of cyclic esters (lactones) is 1. The molecule has 0 aliphatic carbocycles. The average Bonchev–Trinajstić information content (AvgIpc) is 2.60. The minimum atomic E-state index is -0.336. The van der Waals surface area contributed by atoms with Gasteiger partial charge in [0.2, 0.25) is 0 Å². The lowest BCUT2D eigenvalue weighted by molar-refractivity contribution is 0.145. The largest absolute Gasteiger partial charge is 0.443 e. The minimum absolute atomic E-state index is 0.204. The molecule has 4 nitrogen and oxygen atoms in total. The second kappa shape index (κ2) is 4.20. The molecule has 0 saturated carbocycles. The SMILES string of the molecule is NCC1CN(c2ccccc2Br)C(=O)O1. The second-order valence-electron chi connectivity index (χ2n) is 3.30. The molecule has 1 atom stereocenters. The first kappa shape index (κ1) is 10.4. The molecule has 0 radical (unpaired) electrons. The molecule has 1 heterocycles. The number of carbonyl (C=O) groups is 1. The Balaban J connectivity index is 2.25. The number of para-hydroxylation sites is 1. The van der Waals surface area contributed by atoms with Gasteiger partial charge in [0.15, 0.2) is 0 Å². The number of nitrogens with two attached hydrogens (primary N) is 1. The summed E-state index contributed by atoms with van der Waals surface area (Å²) in [5.74, 6) is 0. The van der Waals surface area contributed by atoms with Crippen molar-refractivity contribution in [3.63, 3.8) is 0 Å². The van der Waals surface area contributed by atoms with Crippen LogP contribution in [0.25, 0.3) is 0 Å². The number of rotatable bonds is 2. The zero-order chi connectivity index (χ0) is 10.8. The maximum Gasteiger partial charge on any atom is 0.414 e. The molecule has 0 spiro atoms. The van der Waals surface area contributed by atoms with Gasteiger partial charge in [-0.15, -0.1) is 0 Å². The molecule has 1 aromatic carbocycles. The lowest BCUT2D eigenvalue weighted by Gasteiger charge is -2.14. The Labute approximate surface area is 96.1 Å². The Morgan fingerprint density at radius 3 is 2.87 bits per heavy atom. The fourth-order valence-electron chi connectivity index (χ4n) is 1.51. The van der Waals surface area contributed by atoms with Crippen LogP contribution in [0.1, 0.15) is 0 Å². The molecule has 1 aliphatic heterocycles. The normalized spacial score (nSPS) is 20.5. The second-order valence-corrected chi connectivity index (χ2v) is 4.16. The van der Waals surface area contributed by atoms with E-state index in [1.807, 2.05) is 24.3 Å². The number of anilines is 1. The molecule has 80 valence electrons. The van der Waals surface area contributed by atoms with E-state index in [0.717, 1.165) is 10.2 Å². The van der Waals surface area contributed by atoms with E-state index >= 15 is 0 Å². The van der Waals surface area contributed by atoms with Gasteiger partial charge < -0.3 is 10.5 Å². The molecule has 1 amide bonds. The highest BCUT2D eigenvalue weighted by Gasteiger charge is 2.32. The van der Waals surface area contributed by atoms with E-state index in [1.165, 1.54) is 0 Å². The summed E-state index contributed by atoms with van der Waals surface area (Å²) in [5, 5.41) is 0. The summed E-state index contributed by atoms with van der Waals surface area (Å²) in [6.45, 7) is 0.866. The van der Waals surface area contributed by atoms with Crippen LogP contribution < -0.4 is 10.6 Å². The number of amides is 1. The van der Waals surface area contributed by atoms with Crippen LogP contribution in [0.3, 0.4) is 0 Å². The van der Waals surface area contributed by atoms with Crippen molar-refractivity contribution in [1.82, 2.24) is 0 Å². The molecule has 2 rings (SSSR count). The third-order valence-corrected chi connectivity index (χ3v) is 2.95. The molecular weight excluding hydrogens is 260 g/mol. The molecule has 1 unspecified atom stereocenters. The molecule has 1 saturated heterocycles. The van der Waals surface area contributed by atoms with E-state index < -0.39 is 0 Å². The van der Waals surface area contributed by atoms with Crippen LogP contribution in [0.4, 0.5) is 10.5 Å². The summed E-state index contributed by atoms with van der Waals surface area (Å²) in [5.41, 5.74) is 6.28. The molecule has 1 aliphatic rings. The third kappa shape index (κ3) is 1.98. The monoisotopic (exact) mass is 270 g/mol. The van der Waals surface area contributed by atoms with Gasteiger partial charge in [-0.05, 0) is 28.1 Å². The van der Waals surface area contributed by atoms with E-state index in [-0.39, 0.29) is 12.2 Å². The van der Waals surface area contributed by atoms with Crippen LogP contribution in [0, 0.1) is 0 Å². The van der Waals surface area contributed by atoms with Crippen molar-refractivity contribution in [3.8, 4) is 0 Å². The van der Waals surface area contributed by atoms with Gasteiger partial charge in [0.1, 0.15) is 6.10 Å². The number of benzene rings is 1. The number of hydrogen-bond acceptors (Lipinski definition) is 3. The molecule has 2 N–H and O–H groups in total. The van der Waals surface area contributed by atoms with Crippen LogP contribution in [0.15, 0.2) is 28.7 Å². The molecule has 1 fully saturated rings. The van der Waals surface area contributed by atoms with Crippen LogP contribution in [-0.4, -0.2) is 25.3 Å². The smallest absolute Gasteiger partial charge is 0.414 e. The van der Waals surface area contributed by atoms with Crippen LogP contribution >= 0.6 is 15.9 Å². The van der Waals surface area contributed by atoms with Gasteiger partial charge in [0.25, 0.3) is 0 Å². The zero-order valence-electron chi connectivity index (χ0n) is 8.02. The summed E-state index contributed by atoms with van der Waals surface area (Å²) in [6, 6.07) is 7.53. The van der Waals surface area contributed by atoms with Gasteiger partial charge in [-0.25, -0.2) is 4.79 Å². The Bertz CT molecular complexity index is 383. The van der Waals surface area contributed by atoms with Crippen LogP contribution in [0.2, 0.25) is 0 Å². The van der Waals surface area contributed by atoms with Gasteiger partial charge in [-0.1, -0.05) is 12.1 Å². The molecule has 5 heteroatoms. The number of carbonyl (C=O) groups excluding carboxylic acids is 1. The summed E-state index contributed by atoms with van der Waals surface area (Å²) in [6.07, 6.45) is -0.540. The van der Waals surface area contributed by atoms with E-state index in [9.17, 15) is 4.79 Å². The van der Waals surface area contributed by atoms with Crippen molar-refractivity contribution in [2.24, 2.45) is 5.73 Å². The standard InChI is InChI=1S/C10H11BrN2O2/c11-8-3-1-2-4-9(8)13-6-7(5-12)15-10(13)14/h1-4,7H,5-6,12H2. The van der Waals surface area contributed by atoms with E-state index in [2.05, 4.69) is 15.9 Å². The summed E-state index contributed by atoms with van der Waals surface area (Å²) < 4.78 is 5.95. The van der Waals surface area contributed by atoms with Gasteiger partial charge in [0, 0.05) is 11.0 Å². The Kier molecular flexibility index (Phi) is 2.93. The third-order valence-electron chi connectivity index (χ3n) is 2.28. The zero-order valence-corrected chi connectivity index (χ0v) is 9.61. The van der Waals surface area contributed by atoms with Gasteiger partial charge in [0.05, 0.1) is 12.2 Å². The van der Waals surface area contributed by atoms with Crippen molar-refractivity contribution in [1.29, 1.82) is 0 Å². The minimum Gasteiger partial charge on any atom is -0.443 e. The maximum atomic E-state index is 11.5. The van der Waals surface area contributed by atoms with E-state index in [4.69, 9.17) is 10.5 Å². The molecular formula is C10H11BrN2O2. The lowest BCUT2D eigenvalue weighted by Crippen LogP contribution is -2.27. The summed E-state index contributed by atoms with van der Waals surface area (Å²) in [4.78, 5) is 13.1. The fraction of sp³-hybridized carbons (Fsp3) is 0.300. The van der Waals surface area contributed by atoms with Gasteiger partial charge >= 0.3 is 6.09 Å². The van der Waals surface area contributed by atoms with Crippen molar-refractivity contribution in [2.75, 3.05) is 18.0 Å². The van der Waals surface area contributed by atoms with Crippen molar-refractivity contribution in [3.05, 3.63) is 28.7 Å². The van der Waals surface area contributed by atoms with E-state index in [0.29, 0.717) is 13.1 Å². The fourth-order valence-corrected chi connectivity index (χ4v) is 2.01. The quantitative estimate of drug-likeness (QED) is 0.891. The molecule has 0 bridgehead atoms. The summed E-state index contributed by atoms with van der Waals surface area (Å²) in [7, 11) is 0. The molecule has 0 aromatic heterocycles. The Hall–Kier alpha value is -1.07. The first-order valence-corrected chi connectivity index (χ1v) is 5.44. The maximum absolute atomic E-state index is 11.5. The number of ether oxygens (including phenoxy) is 1. The Morgan fingerprint density at radius 2 is 2.27 bits per heavy atom. The molecule has 15 heavy (non-hydrogen) atoms. The highest BCUT2D eigenvalue weighted by Crippen LogP contribution is 2.28. The Morgan fingerprint density at radius 1 is 1.53 bits per heavy atom. The topological polar surface area (TPSA) is 55.6 Å². The van der Waals surface area contributed by atoms with Gasteiger partial charge in [-0.3, -0.25) is 4.90 Å². The molecule has 1 aromatic rings. The van der Waals surface area contributed by atoms with E-state index in [1.54, 1.807) is 4.90 Å². The van der Waals surface area contributed by atoms with Crippen LogP contribution in [0.5, 0.6) is 0 Å². The van der Waals surface area contributed by atoms with Crippen molar-refractivity contribution in [2.45, 2.75) is 6.10 Å². The van der Waals surface area contributed by atoms with Gasteiger partial charge in [-0.2, -0.15) is 0 Å². The summed E-state index contributed by atoms with van der Waals surface area (Å²) >= 11 is 3.39. The first-order valence-electron chi connectivity index (χ1n) is 4.65. The van der Waals surface area contributed by atoms with Crippen molar-refractivity contribution < 1.29 is 9.53 Å². The number of hydrogen-bond donors (Lipinski definition) is 1. The average molecular weight is 271 g/mol. The van der Waals surface area contributed by atoms with Crippen molar-refractivity contribution >= 4 is 27.7 Å². The van der Waals surface area contributed by atoms with Crippen LogP contribution in [-0.2, 0) is 4.74 Å². The highest BCUT2D eigenvalue weighted by atomic mass is 79.9. The highest BCUT2D eigenvalue weighted by molar-refractivity contribution is 9.10. The number of nitrogens with zero attached hydrogens (tertiary/aromatic N) is 1. The first-order chi connectivity index (χ1) is 7.22. The number of halogens is 1. The predicted molar refractivity (Wildman–Crippen MR) is 60.8 cm³/mol.